The molecule has 0 saturated carbocycles. The number of carbonyl (C=O) groups excluding carboxylic acids is 6. The molecule has 20 heteroatoms. The summed E-state index contributed by atoms with van der Waals surface area (Å²) in [5.74, 6) is -9.92. The van der Waals surface area contributed by atoms with Crippen LogP contribution in [0.1, 0.15) is 57.9 Å². The maximum atomic E-state index is 13.5. The number of carboxylic acids is 3. The molecule has 2 fully saturated rings. The number of aliphatic carboxylic acids is 3. The third-order valence-corrected chi connectivity index (χ3v) is 8.18. The lowest BCUT2D eigenvalue weighted by Crippen LogP contribution is -2.60. The van der Waals surface area contributed by atoms with E-state index in [4.69, 9.17) is 9.47 Å². The van der Waals surface area contributed by atoms with E-state index in [1.807, 2.05) is 0 Å². The van der Waals surface area contributed by atoms with Crippen LogP contribution in [0.5, 0.6) is 0 Å². The Morgan fingerprint density at radius 3 is 2.04 bits per heavy atom. The van der Waals surface area contributed by atoms with Crippen molar-refractivity contribution in [3.8, 4) is 0 Å². The number of carboxylic acid groups (broad SMARTS) is 3. The molecule has 3 rings (SSSR count). The van der Waals surface area contributed by atoms with E-state index in [0.29, 0.717) is 23.7 Å². The van der Waals surface area contributed by atoms with E-state index in [1.54, 1.807) is 35.2 Å². The largest absolute Gasteiger partial charge is 0.481 e. The monoisotopic (exact) mass is 748 g/mol. The van der Waals surface area contributed by atoms with Crippen LogP contribution in [-0.2, 0) is 54.4 Å². The molecule has 20 nitrogen and oxygen atoms in total. The van der Waals surface area contributed by atoms with Crippen LogP contribution in [0.3, 0.4) is 0 Å². The van der Waals surface area contributed by atoms with Gasteiger partial charge in [0.25, 0.3) is 17.7 Å². The molecule has 6 amide bonds. The van der Waals surface area contributed by atoms with Gasteiger partial charge in [0.2, 0.25) is 11.8 Å². The van der Waals surface area contributed by atoms with Gasteiger partial charge in [0, 0.05) is 19.5 Å². The molecule has 1 aromatic rings. The topological polar surface area (TPSA) is 291 Å². The summed E-state index contributed by atoms with van der Waals surface area (Å²) >= 11 is 0. The Labute approximate surface area is 303 Å². The molecule has 1 aromatic carbocycles. The molecule has 7 N–H and O–H groups in total. The van der Waals surface area contributed by atoms with E-state index in [1.165, 1.54) is 13.8 Å². The lowest BCUT2D eigenvalue weighted by molar-refractivity contribution is -0.151. The summed E-state index contributed by atoms with van der Waals surface area (Å²) in [6.45, 7) is 2.70. The number of rotatable bonds is 18. The maximum absolute atomic E-state index is 13.5. The average molecular weight is 749 g/mol. The molecule has 2 saturated heterocycles. The summed E-state index contributed by atoms with van der Waals surface area (Å²) in [5, 5.41) is 35.2. The fraction of sp³-hybridized carbons (Fsp3) is 0.545. The molecule has 0 radical (unpaired) electrons. The Balaban J connectivity index is 1.70. The van der Waals surface area contributed by atoms with Crippen LogP contribution < -0.4 is 21.4 Å². The number of nitrogens with zero attached hydrogens (tertiary/aromatic N) is 2. The van der Waals surface area contributed by atoms with Gasteiger partial charge < -0.3 is 45.6 Å². The van der Waals surface area contributed by atoms with Crippen molar-refractivity contribution in [1.29, 1.82) is 0 Å². The number of hydrazine groups is 1. The van der Waals surface area contributed by atoms with Crippen molar-refractivity contribution in [3.05, 3.63) is 35.9 Å². The van der Waals surface area contributed by atoms with E-state index < -0.39 is 116 Å². The highest BCUT2D eigenvalue weighted by molar-refractivity contribution is 5.98. The molecule has 290 valence electrons. The van der Waals surface area contributed by atoms with E-state index in [-0.39, 0.29) is 6.61 Å². The molecule has 0 aromatic heterocycles. The van der Waals surface area contributed by atoms with Crippen molar-refractivity contribution in [2.45, 2.75) is 89.3 Å². The minimum absolute atomic E-state index is 0.211. The van der Waals surface area contributed by atoms with E-state index >= 15 is 0 Å². The maximum Gasteiger partial charge on any atom is 0.408 e. The molecular weight excluding hydrogens is 704 g/mol. The number of benzene rings is 1. The zero-order valence-electron chi connectivity index (χ0n) is 29.1. The molecule has 5 atom stereocenters. The van der Waals surface area contributed by atoms with E-state index in [9.17, 15) is 58.5 Å². The SMILES string of the molecule is CC(C)C(NC(=O)C(CCC(=O)O)NC(=O)C(CC(=O)O)NC(=O)OCc1ccccc1)C(=O)NN(CC(=O)O)C(=O)C1OC1C(=O)N1CCCCC1. The minimum Gasteiger partial charge on any atom is -0.481 e. The average Bonchev–Trinajstić information content (AvgIpc) is 3.91. The number of piperidine rings is 1. The predicted octanol–water partition coefficient (Wildman–Crippen LogP) is -1.03. The fourth-order valence-electron chi connectivity index (χ4n) is 5.33. The Bertz CT molecular complexity index is 1530. The fourth-order valence-corrected chi connectivity index (χ4v) is 5.33. The van der Waals surface area contributed by atoms with Crippen LogP contribution in [-0.4, -0.2) is 129 Å². The first-order valence-corrected chi connectivity index (χ1v) is 16.9. The van der Waals surface area contributed by atoms with Crippen LogP contribution in [0.25, 0.3) is 0 Å². The number of hydrogen-bond donors (Lipinski definition) is 7. The van der Waals surface area contributed by atoms with Crippen molar-refractivity contribution in [3.63, 3.8) is 0 Å². The first-order valence-electron chi connectivity index (χ1n) is 16.9. The van der Waals surface area contributed by atoms with Crippen LogP contribution in [0.2, 0.25) is 0 Å². The lowest BCUT2D eigenvalue weighted by Gasteiger charge is -2.29. The lowest BCUT2D eigenvalue weighted by atomic mass is 10.0. The van der Waals surface area contributed by atoms with Gasteiger partial charge in [-0.3, -0.25) is 43.8 Å². The molecule has 2 aliphatic rings. The summed E-state index contributed by atoms with van der Waals surface area (Å²) in [5.41, 5.74) is 2.74. The first kappa shape index (κ1) is 41.6. The van der Waals surface area contributed by atoms with Crippen molar-refractivity contribution in [2.75, 3.05) is 19.6 Å². The van der Waals surface area contributed by atoms with Crippen LogP contribution in [0.4, 0.5) is 4.79 Å². The highest BCUT2D eigenvalue weighted by Crippen LogP contribution is 2.27. The summed E-state index contributed by atoms with van der Waals surface area (Å²) in [6.07, 6.45) is -3.29. The van der Waals surface area contributed by atoms with Crippen LogP contribution >= 0.6 is 0 Å². The number of nitrogens with one attached hydrogen (secondary N) is 4. The number of likely N-dealkylation sites (tertiary alicyclic amines) is 1. The second-order valence-corrected chi connectivity index (χ2v) is 12.7. The number of ether oxygens (including phenoxy) is 2. The highest BCUT2D eigenvalue weighted by atomic mass is 16.6. The Morgan fingerprint density at radius 2 is 1.45 bits per heavy atom. The molecular formula is C33H44N6O14. The minimum atomic E-state index is -1.77. The number of hydrogen-bond acceptors (Lipinski definition) is 11. The summed E-state index contributed by atoms with van der Waals surface area (Å²) in [7, 11) is 0. The Hall–Kier alpha value is -5.79. The van der Waals surface area contributed by atoms with Crippen molar-refractivity contribution in [1.82, 2.24) is 31.3 Å². The van der Waals surface area contributed by atoms with Gasteiger partial charge >= 0.3 is 24.0 Å². The number of carbonyl (C=O) groups is 9. The third-order valence-electron chi connectivity index (χ3n) is 8.18. The van der Waals surface area contributed by atoms with Gasteiger partial charge in [-0.1, -0.05) is 44.2 Å². The zero-order chi connectivity index (χ0) is 39.2. The van der Waals surface area contributed by atoms with Gasteiger partial charge in [-0.25, -0.2) is 9.80 Å². The Morgan fingerprint density at radius 1 is 0.811 bits per heavy atom. The van der Waals surface area contributed by atoms with Crippen LogP contribution in [0, 0.1) is 5.92 Å². The van der Waals surface area contributed by atoms with Crippen molar-refractivity contribution < 1.29 is 67.9 Å². The van der Waals surface area contributed by atoms with Crippen molar-refractivity contribution >= 4 is 53.5 Å². The normalized spacial score (nSPS) is 18.0. The number of epoxide rings is 1. The molecule has 2 heterocycles. The van der Waals surface area contributed by atoms with E-state index in [0.717, 1.165) is 19.3 Å². The number of alkyl carbamates (subject to hydrolysis) is 1. The molecule has 2 aliphatic heterocycles. The summed E-state index contributed by atoms with van der Waals surface area (Å²) in [4.78, 5) is 114. The molecule has 0 aliphatic carbocycles. The van der Waals surface area contributed by atoms with Gasteiger partial charge in [-0.15, -0.1) is 0 Å². The second kappa shape index (κ2) is 19.7. The van der Waals surface area contributed by atoms with E-state index in [2.05, 4.69) is 21.4 Å². The van der Waals surface area contributed by atoms with Crippen LogP contribution in [0.15, 0.2) is 30.3 Å². The van der Waals surface area contributed by atoms with Gasteiger partial charge in [-0.2, -0.15) is 0 Å². The highest BCUT2D eigenvalue weighted by Gasteiger charge is 2.54. The zero-order valence-corrected chi connectivity index (χ0v) is 29.1. The summed E-state index contributed by atoms with van der Waals surface area (Å²) in [6, 6.07) is 3.48. The molecule has 0 bridgehead atoms. The smallest absolute Gasteiger partial charge is 0.408 e. The summed E-state index contributed by atoms with van der Waals surface area (Å²) < 4.78 is 10.3. The van der Waals surface area contributed by atoms with Crippen molar-refractivity contribution in [2.24, 2.45) is 5.92 Å². The molecule has 0 spiro atoms. The Kier molecular flexibility index (Phi) is 15.5. The first-order chi connectivity index (χ1) is 25.1. The van der Waals surface area contributed by atoms with Gasteiger partial charge in [0.15, 0.2) is 12.2 Å². The quantitative estimate of drug-likeness (QED) is 0.0698. The number of amides is 6. The van der Waals surface area contributed by atoms with Gasteiger partial charge in [0.1, 0.15) is 31.3 Å². The predicted molar refractivity (Wildman–Crippen MR) is 178 cm³/mol. The molecule has 53 heavy (non-hydrogen) atoms. The third kappa shape index (κ3) is 13.4. The molecule has 5 unspecified atom stereocenters. The standard InChI is InChI=1S/C33H44N6O14/c1-18(2)25(30(48)37-39(16-24(44)45)32(50)27-26(53-27)31(49)38-13-7-4-8-14-38)36-28(46)20(11-12-22(40)41)34-29(47)21(15-23(42)43)35-33(51)52-17-19-9-5-3-6-10-19/h3,5-6,9-10,18,20-21,25-27H,4,7-8,11-17H2,1-2H3,(H,34,47)(H,35,51)(H,36,46)(H,37,48)(H,40,41)(H,42,43)(H,44,45). The van der Waals surface area contributed by atoms with Gasteiger partial charge in [0.05, 0.1) is 6.42 Å². The van der Waals surface area contributed by atoms with Gasteiger partial charge in [-0.05, 0) is 37.2 Å². The second-order valence-electron chi connectivity index (χ2n) is 12.7.